The zero-order chi connectivity index (χ0) is 25.1. The Bertz CT molecular complexity index is 1290. The van der Waals surface area contributed by atoms with Gasteiger partial charge in [0.25, 0.3) is 0 Å². The van der Waals surface area contributed by atoms with E-state index in [0.29, 0.717) is 52.6 Å². The van der Waals surface area contributed by atoms with Crippen molar-refractivity contribution in [3.63, 3.8) is 0 Å². The summed E-state index contributed by atoms with van der Waals surface area (Å²) in [5.41, 5.74) is 2.00. The lowest BCUT2D eigenvalue weighted by Gasteiger charge is -2.19. The second-order valence-electron chi connectivity index (χ2n) is 9.41. The lowest BCUT2D eigenvalue weighted by molar-refractivity contribution is -0.154. The number of nitrogens with zero attached hydrogens (tertiary/aromatic N) is 4. The number of carbonyl (C=O) groups excluding carboxylic acids is 1. The third-order valence-corrected chi connectivity index (χ3v) is 5.91. The van der Waals surface area contributed by atoms with Crippen molar-refractivity contribution in [2.24, 2.45) is 0 Å². The van der Waals surface area contributed by atoms with Crippen LogP contribution in [0.15, 0.2) is 12.1 Å². The van der Waals surface area contributed by atoms with Crippen LogP contribution in [0.1, 0.15) is 57.8 Å². The predicted molar refractivity (Wildman–Crippen MR) is 131 cm³/mol. The van der Waals surface area contributed by atoms with Crippen LogP contribution >= 0.6 is 0 Å². The minimum absolute atomic E-state index is 0.141. The highest BCUT2D eigenvalue weighted by atomic mass is 32.2. The molecule has 11 heteroatoms. The number of fused-ring (bicyclic) bond motifs is 3. The number of aryl methyl sites for hydroxylation is 1. The van der Waals surface area contributed by atoms with E-state index in [1.807, 2.05) is 32.1 Å². The number of hydrogen-bond donors (Lipinski definition) is 1. The molecule has 0 aliphatic rings. The van der Waals surface area contributed by atoms with Crippen molar-refractivity contribution in [1.29, 1.82) is 0 Å². The van der Waals surface area contributed by atoms with Crippen LogP contribution in [0, 0.1) is 6.92 Å². The molecule has 2 aromatic heterocycles. The van der Waals surface area contributed by atoms with Crippen molar-refractivity contribution in [2.75, 3.05) is 25.2 Å². The average molecular weight is 492 g/mol. The molecule has 0 bridgehead atoms. The van der Waals surface area contributed by atoms with E-state index in [4.69, 9.17) is 14.5 Å². The molecular weight excluding hydrogens is 458 g/mol. The molecule has 0 fully saturated rings. The summed E-state index contributed by atoms with van der Waals surface area (Å²) < 4.78 is 36.4. The molecule has 0 radical (unpaired) electrons. The van der Waals surface area contributed by atoms with Gasteiger partial charge in [-0.2, -0.15) is 0 Å². The molecule has 2 heterocycles. The fourth-order valence-electron chi connectivity index (χ4n) is 3.72. The highest BCUT2D eigenvalue weighted by molar-refractivity contribution is 7.89. The number of sulfone groups is 1. The third kappa shape index (κ3) is 6.55. The highest BCUT2D eigenvalue weighted by Crippen LogP contribution is 2.29. The van der Waals surface area contributed by atoms with Gasteiger partial charge in [-0.3, -0.25) is 9.20 Å². The Labute approximate surface area is 200 Å². The molecular formula is C23H33N5O5S. The van der Waals surface area contributed by atoms with Gasteiger partial charge in [-0.25, -0.2) is 13.4 Å². The summed E-state index contributed by atoms with van der Waals surface area (Å²) in [6.45, 7) is 8.07. The summed E-state index contributed by atoms with van der Waals surface area (Å²) >= 11 is 0. The van der Waals surface area contributed by atoms with E-state index in [1.54, 1.807) is 12.1 Å². The van der Waals surface area contributed by atoms with Gasteiger partial charge in [-0.15, -0.1) is 10.2 Å². The first kappa shape index (κ1) is 25.7. The largest absolute Gasteiger partial charge is 0.496 e. The first-order valence-electron chi connectivity index (χ1n) is 11.2. The van der Waals surface area contributed by atoms with Crippen LogP contribution in [0.2, 0.25) is 0 Å². The summed E-state index contributed by atoms with van der Waals surface area (Å²) in [6, 6.07) is 3.51. The summed E-state index contributed by atoms with van der Waals surface area (Å²) in [5.74, 6) is 1.39. The van der Waals surface area contributed by atoms with Gasteiger partial charge in [0, 0.05) is 30.9 Å². The summed E-state index contributed by atoms with van der Waals surface area (Å²) in [4.78, 5) is 16.5. The first-order chi connectivity index (χ1) is 15.9. The molecule has 0 saturated heterocycles. The fourth-order valence-corrected chi connectivity index (χ4v) is 4.51. The number of benzene rings is 1. The van der Waals surface area contributed by atoms with Crippen molar-refractivity contribution in [3.05, 3.63) is 23.5 Å². The van der Waals surface area contributed by atoms with Crippen LogP contribution in [-0.4, -0.2) is 59.5 Å². The number of rotatable bonds is 10. The number of anilines is 1. The number of unbranched alkanes of at least 4 members (excludes halogenated alkanes) is 2. The maximum absolute atomic E-state index is 11.9. The van der Waals surface area contributed by atoms with E-state index >= 15 is 0 Å². The van der Waals surface area contributed by atoms with Crippen LogP contribution in [0.3, 0.4) is 0 Å². The van der Waals surface area contributed by atoms with Gasteiger partial charge < -0.3 is 14.8 Å². The molecule has 1 aromatic carbocycles. The zero-order valence-corrected chi connectivity index (χ0v) is 21.5. The topological polar surface area (TPSA) is 125 Å². The summed E-state index contributed by atoms with van der Waals surface area (Å²) in [5, 5.41) is 11.8. The molecule has 0 atom stereocenters. The fraction of sp³-hybridized carbons (Fsp3) is 0.565. The third-order valence-electron chi connectivity index (χ3n) is 5.08. The molecule has 0 amide bonds. The SMILES string of the molecule is COc1cc2nc(NCCCCCC(=O)OC(C)(C)C)c3nnc(C)n3c2cc1CS(C)(=O)=O. The minimum atomic E-state index is -3.25. The number of nitrogens with one attached hydrogen (secondary N) is 1. The molecule has 0 saturated carbocycles. The van der Waals surface area contributed by atoms with E-state index in [0.717, 1.165) is 19.3 Å². The molecule has 0 aliphatic carbocycles. The molecule has 0 spiro atoms. The molecule has 10 nitrogen and oxygen atoms in total. The molecule has 0 unspecified atom stereocenters. The van der Waals surface area contributed by atoms with E-state index in [2.05, 4.69) is 15.5 Å². The van der Waals surface area contributed by atoms with Crippen molar-refractivity contribution in [1.82, 2.24) is 19.6 Å². The van der Waals surface area contributed by atoms with Crippen LogP contribution in [-0.2, 0) is 25.1 Å². The van der Waals surface area contributed by atoms with Crippen molar-refractivity contribution < 1.29 is 22.7 Å². The Balaban J connectivity index is 1.76. The molecule has 186 valence electrons. The van der Waals surface area contributed by atoms with Gasteiger partial charge in [0.15, 0.2) is 15.7 Å². The van der Waals surface area contributed by atoms with Gasteiger partial charge in [0.2, 0.25) is 5.65 Å². The van der Waals surface area contributed by atoms with E-state index in [-0.39, 0.29) is 11.7 Å². The summed E-state index contributed by atoms with van der Waals surface area (Å²) in [7, 11) is -1.75. The van der Waals surface area contributed by atoms with Crippen LogP contribution in [0.5, 0.6) is 5.75 Å². The van der Waals surface area contributed by atoms with E-state index in [9.17, 15) is 13.2 Å². The Kier molecular flexibility index (Phi) is 7.64. The molecule has 3 aromatic rings. The average Bonchev–Trinajstić information content (AvgIpc) is 3.10. The van der Waals surface area contributed by atoms with Crippen molar-refractivity contribution in [3.8, 4) is 5.75 Å². The normalized spacial score (nSPS) is 12.3. The molecule has 1 N–H and O–H groups in total. The van der Waals surface area contributed by atoms with Crippen LogP contribution in [0.4, 0.5) is 5.82 Å². The van der Waals surface area contributed by atoms with E-state index in [1.165, 1.54) is 13.4 Å². The Morgan fingerprint density at radius 3 is 2.53 bits per heavy atom. The van der Waals surface area contributed by atoms with Crippen molar-refractivity contribution in [2.45, 2.75) is 64.7 Å². The van der Waals surface area contributed by atoms with Crippen LogP contribution in [0.25, 0.3) is 16.7 Å². The Morgan fingerprint density at radius 2 is 1.88 bits per heavy atom. The van der Waals surface area contributed by atoms with Gasteiger partial charge in [0.1, 0.15) is 17.2 Å². The molecule has 34 heavy (non-hydrogen) atoms. The lowest BCUT2D eigenvalue weighted by atomic mass is 10.1. The lowest BCUT2D eigenvalue weighted by Crippen LogP contribution is -2.23. The second-order valence-corrected chi connectivity index (χ2v) is 11.6. The standard InChI is InChI=1S/C23H33N5O5S/c1-15-26-27-22-21(24-11-9-7-8-10-20(29)33-23(2,3)4)25-17-13-19(32-5)16(14-34(6,30)31)12-18(17)28(15)22/h12-13H,7-11,14H2,1-6H3,(H,24,25). The van der Waals surface area contributed by atoms with Crippen LogP contribution < -0.4 is 10.1 Å². The van der Waals surface area contributed by atoms with Gasteiger partial charge in [-0.1, -0.05) is 6.42 Å². The predicted octanol–water partition coefficient (Wildman–Crippen LogP) is 3.45. The first-order valence-corrected chi connectivity index (χ1v) is 13.3. The number of carbonyl (C=O) groups is 1. The molecule has 3 rings (SSSR count). The maximum atomic E-state index is 11.9. The second kappa shape index (κ2) is 10.1. The highest BCUT2D eigenvalue weighted by Gasteiger charge is 2.18. The molecule has 0 aliphatic heterocycles. The zero-order valence-electron chi connectivity index (χ0n) is 20.6. The van der Waals surface area contributed by atoms with Gasteiger partial charge in [-0.05, 0) is 46.6 Å². The quantitative estimate of drug-likeness (QED) is 0.335. The van der Waals surface area contributed by atoms with Gasteiger partial charge in [0.05, 0.1) is 23.9 Å². The number of hydrogen-bond acceptors (Lipinski definition) is 9. The minimum Gasteiger partial charge on any atom is -0.496 e. The number of methoxy groups -OCH3 is 1. The number of aromatic nitrogens is 4. The maximum Gasteiger partial charge on any atom is 0.306 e. The van der Waals surface area contributed by atoms with E-state index < -0.39 is 15.4 Å². The van der Waals surface area contributed by atoms with Crippen molar-refractivity contribution >= 4 is 38.3 Å². The smallest absolute Gasteiger partial charge is 0.306 e. The summed E-state index contributed by atoms with van der Waals surface area (Å²) in [6.07, 6.45) is 4.05. The monoisotopic (exact) mass is 491 g/mol. The van der Waals surface area contributed by atoms with Gasteiger partial charge >= 0.3 is 5.97 Å². The number of esters is 1. The Morgan fingerprint density at radius 1 is 1.15 bits per heavy atom. The Hall–Kier alpha value is -2.95. The number of ether oxygens (including phenoxy) is 2.